The Hall–Kier alpha value is -4.41. The standard InChI is InChI=1S/C32H44N4O7/c1-20-13-12-16-22(17-20)26(36(8)28(39)23(19-25(33)37)35-30(41)43-32(5,6)7)27(38)34-24(29(40)42-31(2,3)4)18-21-14-10-9-11-15-21/h9-17,23-24,26H,18-19H2,1-8H3,(H2,33,37)(H,34,38)(H,35,41). The van der Waals surface area contributed by atoms with Crippen LogP contribution in [0.4, 0.5) is 4.79 Å². The van der Waals surface area contributed by atoms with Gasteiger partial charge in [-0.25, -0.2) is 9.59 Å². The third kappa shape index (κ3) is 11.8. The lowest BCUT2D eigenvalue weighted by atomic mass is 9.99. The second-order valence-corrected chi connectivity index (χ2v) is 12.4. The Kier molecular flexibility index (Phi) is 11.9. The predicted molar refractivity (Wildman–Crippen MR) is 162 cm³/mol. The lowest BCUT2D eigenvalue weighted by Gasteiger charge is -2.32. The summed E-state index contributed by atoms with van der Waals surface area (Å²) in [5, 5.41) is 5.18. The van der Waals surface area contributed by atoms with Crippen molar-refractivity contribution >= 4 is 29.8 Å². The topological polar surface area (TPSA) is 157 Å². The smallest absolute Gasteiger partial charge is 0.408 e. The molecule has 11 heteroatoms. The van der Waals surface area contributed by atoms with Gasteiger partial charge in [-0.3, -0.25) is 14.4 Å². The summed E-state index contributed by atoms with van der Waals surface area (Å²) in [4.78, 5) is 66.5. The molecule has 3 unspecified atom stereocenters. The van der Waals surface area contributed by atoms with Gasteiger partial charge in [-0.1, -0.05) is 60.2 Å². The maximum atomic E-state index is 14.0. The van der Waals surface area contributed by atoms with E-state index in [-0.39, 0.29) is 6.42 Å². The van der Waals surface area contributed by atoms with Crippen LogP contribution < -0.4 is 16.4 Å². The number of aryl methyl sites for hydroxylation is 1. The molecule has 0 aliphatic heterocycles. The molecule has 234 valence electrons. The monoisotopic (exact) mass is 596 g/mol. The van der Waals surface area contributed by atoms with Gasteiger partial charge in [0.2, 0.25) is 17.7 Å². The fraction of sp³-hybridized carbons (Fsp3) is 0.469. The quantitative estimate of drug-likeness (QED) is 0.336. The number of nitrogens with zero attached hydrogens (tertiary/aromatic N) is 1. The molecule has 4 amide bonds. The zero-order valence-electron chi connectivity index (χ0n) is 26.2. The number of benzene rings is 2. The van der Waals surface area contributed by atoms with E-state index in [1.54, 1.807) is 59.7 Å². The molecular formula is C32H44N4O7. The van der Waals surface area contributed by atoms with Gasteiger partial charge in [0, 0.05) is 13.5 Å². The molecule has 43 heavy (non-hydrogen) atoms. The van der Waals surface area contributed by atoms with Crippen LogP contribution in [0.15, 0.2) is 54.6 Å². The third-order valence-corrected chi connectivity index (χ3v) is 6.03. The lowest BCUT2D eigenvalue weighted by Crippen LogP contribution is -2.54. The van der Waals surface area contributed by atoms with Crippen LogP contribution in [0.25, 0.3) is 0 Å². The molecule has 0 radical (unpaired) electrons. The van der Waals surface area contributed by atoms with Crippen LogP contribution in [-0.2, 0) is 35.1 Å². The van der Waals surface area contributed by atoms with E-state index in [2.05, 4.69) is 10.6 Å². The van der Waals surface area contributed by atoms with E-state index in [0.717, 1.165) is 16.0 Å². The Morgan fingerprint density at radius 2 is 1.44 bits per heavy atom. The van der Waals surface area contributed by atoms with Gasteiger partial charge in [0.25, 0.3) is 0 Å². The van der Waals surface area contributed by atoms with Crippen LogP contribution in [0, 0.1) is 6.92 Å². The fourth-order valence-electron chi connectivity index (χ4n) is 4.28. The third-order valence-electron chi connectivity index (χ3n) is 6.03. The minimum absolute atomic E-state index is 0.143. The van der Waals surface area contributed by atoms with Crippen LogP contribution in [0.5, 0.6) is 0 Å². The number of nitrogens with one attached hydrogen (secondary N) is 2. The normalized spacial score (nSPS) is 13.6. The second kappa shape index (κ2) is 14.7. The Balaban J connectivity index is 2.47. The number of hydrogen-bond donors (Lipinski definition) is 3. The van der Waals surface area contributed by atoms with E-state index in [0.29, 0.717) is 5.56 Å². The van der Waals surface area contributed by atoms with Crippen molar-refractivity contribution in [2.45, 2.75) is 90.6 Å². The summed E-state index contributed by atoms with van der Waals surface area (Å²) in [5.74, 6) is -2.90. The van der Waals surface area contributed by atoms with Crippen molar-refractivity contribution < 1.29 is 33.4 Å². The van der Waals surface area contributed by atoms with Crippen LogP contribution in [-0.4, -0.2) is 65.0 Å². The van der Waals surface area contributed by atoms with Gasteiger partial charge in [0.15, 0.2) is 0 Å². The molecule has 0 aliphatic rings. The molecule has 0 spiro atoms. The van der Waals surface area contributed by atoms with Gasteiger partial charge in [0.05, 0.1) is 6.42 Å². The highest BCUT2D eigenvalue weighted by Gasteiger charge is 2.37. The predicted octanol–water partition coefficient (Wildman–Crippen LogP) is 3.33. The first-order chi connectivity index (χ1) is 19.9. The molecule has 2 aromatic rings. The number of primary amides is 1. The van der Waals surface area contributed by atoms with E-state index in [4.69, 9.17) is 15.2 Å². The second-order valence-electron chi connectivity index (χ2n) is 12.4. The summed E-state index contributed by atoms with van der Waals surface area (Å²) >= 11 is 0. The first-order valence-electron chi connectivity index (χ1n) is 14.0. The van der Waals surface area contributed by atoms with Crippen LogP contribution in [0.1, 0.15) is 70.7 Å². The number of esters is 1. The number of hydrogen-bond acceptors (Lipinski definition) is 7. The summed E-state index contributed by atoms with van der Waals surface area (Å²) in [6, 6.07) is 12.4. The molecule has 2 rings (SSSR count). The maximum absolute atomic E-state index is 14.0. The van der Waals surface area contributed by atoms with Crippen molar-refractivity contribution in [3.05, 3.63) is 71.3 Å². The highest BCUT2D eigenvalue weighted by Crippen LogP contribution is 2.23. The molecule has 2 aromatic carbocycles. The molecule has 0 aliphatic carbocycles. The average molecular weight is 597 g/mol. The van der Waals surface area contributed by atoms with Gasteiger partial charge in [-0.15, -0.1) is 0 Å². The molecule has 0 fully saturated rings. The Morgan fingerprint density at radius 1 is 0.837 bits per heavy atom. The molecule has 3 atom stereocenters. The van der Waals surface area contributed by atoms with Crippen LogP contribution in [0.2, 0.25) is 0 Å². The van der Waals surface area contributed by atoms with Gasteiger partial charge in [-0.05, 0) is 59.6 Å². The number of ether oxygens (including phenoxy) is 2. The Morgan fingerprint density at radius 3 is 1.98 bits per heavy atom. The number of carbonyl (C=O) groups excluding carboxylic acids is 5. The first kappa shape index (κ1) is 34.8. The molecule has 0 bridgehead atoms. The maximum Gasteiger partial charge on any atom is 0.408 e. The fourth-order valence-corrected chi connectivity index (χ4v) is 4.28. The molecule has 0 saturated carbocycles. The Labute approximate surface area is 253 Å². The minimum atomic E-state index is -1.41. The summed E-state index contributed by atoms with van der Waals surface area (Å²) in [6.07, 6.45) is -1.31. The number of alkyl carbamates (subject to hydrolysis) is 1. The molecule has 0 saturated heterocycles. The van der Waals surface area contributed by atoms with Gasteiger partial charge < -0.3 is 30.7 Å². The number of rotatable bonds is 11. The number of carbonyl (C=O) groups is 5. The van der Waals surface area contributed by atoms with Gasteiger partial charge in [-0.2, -0.15) is 0 Å². The summed E-state index contributed by atoms with van der Waals surface area (Å²) in [7, 11) is 1.37. The van der Waals surface area contributed by atoms with Crippen molar-refractivity contribution in [2.24, 2.45) is 5.73 Å². The zero-order valence-corrected chi connectivity index (χ0v) is 26.2. The van der Waals surface area contributed by atoms with E-state index in [1.165, 1.54) is 7.05 Å². The Bertz CT molecular complexity index is 1300. The van der Waals surface area contributed by atoms with Crippen molar-refractivity contribution in [3.63, 3.8) is 0 Å². The van der Waals surface area contributed by atoms with Crippen molar-refractivity contribution in [1.82, 2.24) is 15.5 Å². The zero-order chi connectivity index (χ0) is 32.5. The summed E-state index contributed by atoms with van der Waals surface area (Å²) in [5.41, 5.74) is 5.78. The number of nitrogens with two attached hydrogens (primary N) is 1. The van der Waals surface area contributed by atoms with Gasteiger partial charge >= 0.3 is 12.1 Å². The van der Waals surface area contributed by atoms with Gasteiger partial charge in [0.1, 0.15) is 29.3 Å². The molecular weight excluding hydrogens is 552 g/mol. The average Bonchev–Trinajstić information content (AvgIpc) is 2.86. The van der Waals surface area contributed by atoms with E-state index in [1.807, 2.05) is 43.3 Å². The molecule has 11 nitrogen and oxygen atoms in total. The highest BCUT2D eigenvalue weighted by atomic mass is 16.6. The summed E-state index contributed by atoms with van der Waals surface area (Å²) < 4.78 is 10.9. The SMILES string of the molecule is Cc1cccc(C(C(=O)NC(Cc2ccccc2)C(=O)OC(C)(C)C)N(C)C(=O)C(CC(N)=O)NC(=O)OC(C)(C)C)c1. The first-order valence-corrected chi connectivity index (χ1v) is 14.0. The van der Waals surface area contributed by atoms with E-state index in [9.17, 15) is 24.0 Å². The molecule has 4 N–H and O–H groups in total. The molecule has 0 heterocycles. The minimum Gasteiger partial charge on any atom is -0.458 e. The van der Waals surface area contributed by atoms with E-state index < -0.39 is 65.5 Å². The van der Waals surface area contributed by atoms with E-state index >= 15 is 0 Å². The van der Waals surface area contributed by atoms with Crippen molar-refractivity contribution in [3.8, 4) is 0 Å². The van der Waals surface area contributed by atoms with Crippen LogP contribution >= 0.6 is 0 Å². The lowest BCUT2D eigenvalue weighted by molar-refractivity contribution is -0.159. The van der Waals surface area contributed by atoms with Crippen LogP contribution in [0.3, 0.4) is 0 Å². The molecule has 0 aromatic heterocycles. The van der Waals surface area contributed by atoms with Crippen molar-refractivity contribution in [1.29, 1.82) is 0 Å². The highest BCUT2D eigenvalue weighted by molar-refractivity contribution is 5.95. The summed E-state index contributed by atoms with van der Waals surface area (Å²) in [6.45, 7) is 12.0. The number of amides is 4. The number of likely N-dealkylation sites (N-methyl/N-ethyl adjacent to an activating group) is 1. The van der Waals surface area contributed by atoms with Crippen molar-refractivity contribution in [2.75, 3.05) is 7.05 Å². The largest absolute Gasteiger partial charge is 0.458 e.